The molecule has 0 aliphatic carbocycles. The van der Waals surface area contributed by atoms with Gasteiger partial charge < -0.3 is 9.88 Å². The molecular weight excluding hydrogens is 459 g/mol. The number of thioether (sulfide) groups is 2. The van der Waals surface area contributed by atoms with Crippen molar-refractivity contribution in [1.29, 1.82) is 0 Å². The van der Waals surface area contributed by atoms with E-state index in [1.54, 1.807) is 36.0 Å². The average molecular weight is 479 g/mol. The number of halogens is 2. The number of nitrogens with zero attached hydrogens (tertiary/aromatic N) is 3. The number of hydrogen-bond acceptors (Lipinski definition) is 5. The van der Waals surface area contributed by atoms with Gasteiger partial charge in [0.15, 0.2) is 5.16 Å². The molecule has 3 rings (SSSR count). The fraction of sp³-hybridized carbons (Fsp3) is 0.190. The number of aryl methyl sites for hydroxylation is 1. The third-order valence-corrected chi connectivity index (χ3v) is 6.55. The number of rotatable bonds is 9. The summed E-state index contributed by atoms with van der Waals surface area (Å²) in [5.41, 5.74) is 1.75. The molecule has 5 nitrogen and oxygen atoms in total. The maximum absolute atomic E-state index is 12.3. The summed E-state index contributed by atoms with van der Waals surface area (Å²) >= 11 is 15.0. The van der Waals surface area contributed by atoms with Gasteiger partial charge in [0.05, 0.1) is 22.2 Å². The number of aromatic nitrogens is 3. The second-order valence-corrected chi connectivity index (χ2v) is 9.20. The van der Waals surface area contributed by atoms with Crippen molar-refractivity contribution >= 4 is 58.3 Å². The van der Waals surface area contributed by atoms with Crippen molar-refractivity contribution in [2.75, 3.05) is 11.1 Å². The van der Waals surface area contributed by atoms with Crippen LogP contribution in [0.25, 0.3) is 0 Å². The molecule has 0 unspecified atom stereocenters. The van der Waals surface area contributed by atoms with Crippen molar-refractivity contribution in [3.05, 3.63) is 76.6 Å². The highest BCUT2D eigenvalue weighted by atomic mass is 35.5. The fourth-order valence-electron chi connectivity index (χ4n) is 2.53. The topological polar surface area (TPSA) is 59.8 Å². The number of carbonyl (C=O) groups excluding carboxylic acids is 1. The van der Waals surface area contributed by atoms with E-state index in [-0.39, 0.29) is 11.7 Å². The Morgan fingerprint density at radius 3 is 2.63 bits per heavy atom. The average Bonchev–Trinajstić information content (AvgIpc) is 3.10. The normalized spacial score (nSPS) is 10.8. The summed E-state index contributed by atoms with van der Waals surface area (Å²) < 4.78 is 1.97. The molecule has 1 N–H and O–H groups in total. The molecule has 0 atom stereocenters. The van der Waals surface area contributed by atoms with Gasteiger partial charge in [-0.25, -0.2) is 0 Å². The van der Waals surface area contributed by atoms with E-state index in [0.717, 1.165) is 5.82 Å². The third-order valence-electron chi connectivity index (χ3n) is 4.03. The van der Waals surface area contributed by atoms with E-state index < -0.39 is 0 Å². The lowest BCUT2D eigenvalue weighted by molar-refractivity contribution is -0.113. The van der Waals surface area contributed by atoms with Crippen LogP contribution in [0.3, 0.4) is 0 Å². The van der Waals surface area contributed by atoms with Gasteiger partial charge in [0, 0.05) is 16.5 Å². The van der Waals surface area contributed by atoms with Crippen LogP contribution in [0.2, 0.25) is 10.0 Å². The van der Waals surface area contributed by atoms with Crippen LogP contribution in [-0.4, -0.2) is 26.4 Å². The fourth-order valence-corrected chi connectivity index (χ4v) is 4.59. The van der Waals surface area contributed by atoms with E-state index in [1.165, 1.54) is 22.2 Å². The van der Waals surface area contributed by atoms with Gasteiger partial charge in [-0.3, -0.25) is 4.79 Å². The summed E-state index contributed by atoms with van der Waals surface area (Å²) in [4.78, 5) is 13.5. The van der Waals surface area contributed by atoms with Gasteiger partial charge in [0.25, 0.3) is 0 Å². The SMILES string of the molecule is C=CCn1c(CSc2ccc(C)cc2)nnc1SCC(=O)Nc1ccc(Cl)cc1Cl. The Morgan fingerprint density at radius 1 is 1.17 bits per heavy atom. The summed E-state index contributed by atoms with van der Waals surface area (Å²) in [6, 6.07) is 13.3. The molecule has 1 amide bonds. The van der Waals surface area contributed by atoms with Gasteiger partial charge in [-0.1, -0.05) is 58.7 Å². The molecule has 0 aliphatic heterocycles. The molecule has 1 heterocycles. The Bertz CT molecular complexity index is 1040. The molecule has 0 aliphatic rings. The highest BCUT2D eigenvalue weighted by Gasteiger charge is 2.14. The first-order valence-corrected chi connectivity index (χ1v) is 11.8. The maximum Gasteiger partial charge on any atom is 0.234 e. The van der Waals surface area contributed by atoms with Gasteiger partial charge in [-0.05, 0) is 37.3 Å². The molecule has 2 aromatic carbocycles. The molecule has 0 radical (unpaired) electrons. The summed E-state index contributed by atoms with van der Waals surface area (Å²) in [7, 11) is 0. The zero-order valence-corrected chi connectivity index (χ0v) is 19.4. The van der Waals surface area contributed by atoms with Crippen molar-refractivity contribution in [3.8, 4) is 0 Å². The van der Waals surface area contributed by atoms with Crippen LogP contribution in [-0.2, 0) is 17.1 Å². The van der Waals surface area contributed by atoms with Crippen molar-refractivity contribution in [2.24, 2.45) is 0 Å². The molecule has 0 fully saturated rings. The predicted octanol–water partition coefficient (Wildman–Crippen LogP) is 6.10. The van der Waals surface area contributed by atoms with Crippen LogP contribution in [0.5, 0.6) is 0 Å². The Labute approximate surface area is 194 Å². The second-order valence-electron chi connectivity index (χ2n) is 6.36. The summed E-state index contributed by atoms with van der Waals surface area (Å²) in [5, 5.41) is 12.9. The van der Waals surface area contributed by atoms with E-state index in [9.17, 15) is 4.79 Å². The lowest BCUT2D eigenvalue weighted by atomic mass is 10.2. The summed E-state index contributed by atoms with van der Waals surface area (Å²) in [6.45, 7) is 6.45. The maximum atomic E-state index is 12.3. The second kappa shape index (κ2) is 10.9. The van der Waals surface area contributed by atoms with Crippen LogP contribution in [0, 0.1) is 6.92 Å². The van der Waals surface area contributed by atoms with Crippen LogP contribution >= 0.6 is 46.7 Å². The minimum Gasteiger partial charge on any atom is -0.324 e. The van der Waals surface area contributed by atoms with Crippen LogP contribution in [0.1, 0.15) is 11.4 Å². The molecule has 0 saturated heterocycles. The summed E-state index contributed by atoms with van der Waals surface area (Å²) in [6.07, 6.45) is 1.79. The molecule has 9 heteroatoms. The lowest BCUT2D eigenvalue weighted by Gasteiger charge is -2.09. The van der Waals surface area contributed by atoms with Gasteiger partial charge in [0.2, 0.25) is 5.91 Å². The van der Waals surface area contributed by atoms with Gasteiger partial charge in [-0.2, -0.15) is 0 Å². The minimum atomic E-state index is -0.187. The number of amides is 1. The standard InChI is InChI=1S/C21H20Cl2N4OS2/c1-3-10-27-19(12-29-16-7-4-14(2)5-8-16)25-26-21(27)30-13-20(28)24-18-9-6-15(22)11-17(18)23/h3-9,11H,1,10,12-13H2,2H3,(H,24,28). The summed E-state index contributed by atoms with van der Waals surface area (Å²) in [5.74, 6) is 1.51. The molecule has 0 bridgehead atoms. The van der Waals surface area contributed by atoms with Gasteiger partial charge in [-0.15, -0.1) is 28.5 Å². The third kappa shape index (κ3) is 6.28. The molecule has 30 heavy (non-hydrogen) atoms. The van der Waals surface area contributed by atoms with Crippen molar-refractivity contribution in [1.82, 2.24) is 14.8 Å². The number of hydrogen-bond donors (Lipinski definition) is 1. The molecule has 156 valence electrons. The first kappa shape index (κ1) is 22.7. The zero-order valence-electron chi connectivity index (χ0n) is 16.3. The van der Waals surface area contributed by atoms with Gasteiger partial charge in [0.1, 0.15) is 5.82 Å². The number of carbonyl (C=O) groups is 1. The number of benzene rings is 2. The molecule has 1 aromatic heterocycles. The highest BCUT2D eigenvalue weighted by molar-refractivity contribution is 7.99. The Balaban J connectivity index is 1.61. The van der Waals surface area contributed by atoms with E-state index >= 15 is 0 Å². The van der Waals surface area contributed by atoms with E-state index in [2.05, 4.69) is 53.3 Å². The number of allylic oxidation sites excluding steroid dienone is 1. The van der Waals surface area contributed by atoms with Crippen molar-refractivity contribution in [3.63, 3.8) is 0 Å². The van der Waals surface area contributed by atoms with Crippen LogP contribution < -0.4 is 5.32 Å². The van der Waals surface area contributed by atoms with Crippen LogP contribution in [0.4, 0.5) is 5.69 Å². The van der Waals surface area contributed by atoms with Gasteiger partial charge >= 0.3 is 0 Å². The van der Waals surface area contributed by atoms with Crippen LogP contribution in [0.15, 0.2) is 65.2 Å². The van der Waals surface area contributed by atoms with E-state index in [0.29, 0.717) is 33.2 Å². The van der Waals surface area contributed by atoms with E-state index in [1.807, 2.05) is 4.57 Å². The Hall–Kier alpha value is -1.93. The Morgan fingerprint density at radius 2 is 1.93 bits per heavy atom. The lowest BCUT2D eigenvalue weighted by Crippen LogP contribution is -2.15. The zero-order chi connectivity index (χ0) is 21.5. The molecule has 3 aromatic rings. The smallest absolute Gasteiger partial charge is 0.234 e. The first-order chi connectivity index (χ1) is 14.5. The first-order valence-electron chi connectivity index (χ1n) is 9.06. The molecular formula is C21H20Cl2N4OS2. The van der Waals surface area contributed by atoms with E-state index in [4.69, 9.17) is 23.2 Å². The Kier molecular flexibility index (Phi) is 8.27. The number of nitrogens with one attached hydrogen (secondary N) is 1. The largest absolute Gasteiger partial charge is 0.324 e. The number of anilines is 1. The van der Waals surface area contributed by atoms with Crippen molar-refractivity contribution in [2.45, 2.75) is 29.3 Å². The minimum absolute atomic E-state index is 0.180. The quantitative estimate of drug-likeness (QED) is 0.297. The van der Waals surface area contributed by atoms with Crippen molar-refractivity contribution < 1.29 is 4.79 Å². The molecule has 0 spiro atoms. The molecule has 0 saturated carbocycles. The highest BCUT2D eigenvalue weighted by Crippen LogP contribution is 2.27. The monoisotopic (exact) mass is 478 g/mol. The predicted molar refractivity (Wildman–Crippen MR) is 127 cm³/mol.